The van der Waals surface area contributed by atoms with Gasteiger partial charge in [0.1, 0.15) is 0 Å². The van der Waals surface area contributed by atoms with Crippen LogP contribution >= 0.6 is 0 Å². The van der Waals surface area contributed by atoms with Crippen LogP contribution in [0.25, 0.3) is 22.3 Å². The van der Waals surface area contributed by atoms with Crippen LogP contribution in [0, 0.1) is 0 Å². The largest absolute Gasteiger partial charge is 0.398 e. The lowest BCUT2D eigenvalue weighted by molar-refractivity contribution is 0.0980. The molecule has 0 spiro atoms. The molecule has 0 unspecified atom stereocenters. The summed E-state index contributed by atoms with van der Waals surface area (Å²) < 4.78 is 0. The third kappa shape index (κ3) is 4.62. The highest BCUT2D eigenvalue weighted by molar-refractivity contribution is 6.32. The predicted octanol–water partition coefficient (Wildman–Crippen LogP) is 9.47. The van der Waals surface area contributed by atoms with E-state index in [1.54, 1.807) is 18.2 Å². The molecule has 0 atom stereocenters. The molecule has 3 aliphatic carbocycles. The average Bonchev–Trinajstić information content (AvgIpc) is 3.04. The van der Waals surface area contributed by atoms with Crippen LogP contribution in [0.2, 0.25) is 0 Å². The summed E-state index contributed by atoms with van der Waals surface area (Å²) in [5, 5.41) is 0. The highest BCUT2D eigenvalue weighted by Gasteiger charge is 2.35. The number of ketones is 2. The van der Waals surface area contributed by atoms with Crippen molar-refractivity contribution in [2.45, 2.75) is 76.0 Å². The van der Waals surface area contributed by atoms with Gasteiger partial charge in [0.25, 0.3) is 0 Å². The summed E-state index contributed by atoms with van der Waals surface area (Å²) in [4.78, 5) is 28.3. The van der Waals surface area contributed by atoms with Gasteiger partial charge in [-0.25, -0.2) is 0 Å². The number of nitrogens with two attached hydrogens (primary N) is 1. The molecule has 2 N–H and O–H groups in total. The van der Waals surface area contributed by atoms with Gasteiger partial charge in [0.15, 0.2) is 11.6 Å². The zero-order valence-corrected chi connectivity index (χ0v) is 23.6. The Labute approximate surface area is 242 Å². The number of benzene rings is 4. The van der Waals surface area contributed by atoms with Crippen LogP contribution in [-0.2, 0) is 0 Å². The van der Waals surface area contributed by atoms with E-state index in [9.17, 15) is 9.59 Å². The number of carbonyl (C=O) groups is 2. The van der Waals surface area contributed by atoms with Crippen molar-refractivity contribution < 1.29 is 9.59 Å². The lowest BCUT2D eigenvalue weighted by Crippen LogP contribution is -2.23. The number of anilines is 1. The second-order valence-corrected chi connectivity index (χ2v) is 12.3. The average molecular weight is 540 g/mol. The van der Waals surface area contributed by atoms with Crippen LogP contribution in [0.5, 0.6) is 0 Å². The summed E-state index contributed by atoms with van der Waals surface area (Å²) in [7, 11) is 0. The van der Waals surface area contributed by atoms with Gasteiger partial charge in [0.05, 0.1) is 0 Å². The van der Waals surface area contributed by atoms with Gasteiger partial charge in [-0.05, 0) is 77.5 Å². The van der Waals surface area contributed by atoms with E-state index in [4.69, 9.17) is 5.73 Å². The molecule has 2 saturated carbocycles. The number of carbonyl (C=O) groups excluding carboxylic acids is 2. The van der Waals surface area contributed by atoms with Gasteiger partial charge in [0, 0.05) is 33.5 Å². The number of rotatable bonds is 4. The van der Waals surface area contributed by atoms with Gasteiger partial charge in [-0.1, -0.05) is 105 Å². The van der Waals surface area contributed by atoms with Crippen LogP contribution in [0.1, 0.15) is 119 Å². The Morgan fingerprint density at radius 1 is 0.463 bits per heavy atom. The zero-order valence-electron chi connectivity index (χ0n) is 23.6. The van der Waals surface area contributed by atoms with Crippen molar-refractivity contribution >= 4 is 17.3 Å². The lowest BCUT2D eigenvalue weighted by atomic mass is 9.77. The number of hydrogen-bond acceptors (Lipinski definition) is 3. The molecule has 41 heavy (non-hydrogen) atoms. The molecule has 4 aromatic rings. The van der Waals surface area contributed by atoms with Gasteiger partial charge in [0.2, 0.25) is 0 Å². The third-order valence-corrected chi connectivity index (χ3v) is 9.82. The molecule has 3 heteroatoms. The fourth-order valence-corrected chi connectivity index (χ4v) is 7.58. The molecule has 206 valence electrons. The minimum absolute atomic E-state index is 0.110. The van der Waals surface area contributed by atoms with Crippen LogP contribution < -0.4 is 5.73 Å². The maximum atomic E-state index is 14.2. The van der Waals surface area contributed by atoms with E-state index in [2.05, 4.69) is 48.5 Å². The number of hydrogen-bond donors (Lipinski definition) is 1. The van der Waals surface area contributed by atoms with Crippen molar-refractivity contribution in [3.63, 3.8) is 0 Å². The van der Waals surface area contributed by atoms with E-state index in [1.807, 2.05) is 12.1 Å². The Morgan fingerprint density at radius 2 is 0.951 bits per heavy atom. The van der Waals surface area contributed by atoms with Crippen LogP contribution in [0.15, 0.2) is 78.9 Å². The molecule has 0 aliphatic heterocycles. The van der Waals surface area contributed by atoms with Gasteiger partial charge in [-0.2, -0.15) is 0 Å². The van der Waals surface area contributed by atoms with Crippen LogP contribution in [-0.4, -0.2) is 11.6 Å². The number of fused-ring (bicyclic) bond motifs is 2. The summed E-state index contributed by atoms with van der Waals surface area (Å²) in [5.74, 6) is 0.985. The molecular formula is C38H37NO2. The summed E-state index contributed by atoms with van der Waals surface area (Å²) >= 11 is 0. The SMILES string of the molecule is Nc1ccc2c(c1-c1ccc(C3CCCCC3)cc1)C(=O)c1cccc(-c3ccc(C4CCCCC4)cc3)c1C2=O. The Hall–Kier alpha value is -3.98. The van der Waals surface area contributed by atoms with Crippen molar-refractivity contribution in [1.29, 1.82) is 0 Å². The van der Waals surface area contributed by atoms with E-state index < -0.39 is 0 Å². The first-order chi connectivity index (χ1) is 20.1. The molecular weight excluding hydrogens is 502 g/mol. The molecule has 0 amide bonds. The maximum absolute atomic E-state index is 14.2. The van der Waals surface area contributed by atoms with Crippen LogP contribution in [0.4, 0.5) is 5.69 Å². The standard InChI is InChI=1S/C38H37NO2/c39-33-23-22-32-36(34(33)29-20-16-27(17-21-29)25-10-5-2-6-11-25)38(41)31-13-7-12-30(35(31)37(32)40)28-18-14-26(15-19-28)24-8-3-1-4-9-24/h7,12-25H,1-6,8-11,39H2. The molecule has 4 aromatic carbocycles. The van der Waals surface area contributed by atoms with Crippen molar-refractivity contribution in [3.8, 4) is 22.3 Å². The highest BCUT2D eigenvalue weighted by Crippen LogP contribution is 2.42. The smallest absolute Gasteiger partial charge is 0.195 e. The molecule has 7 rings (SSSR count). The zero-order chi connectivity index (χ0) is 27.9. The molecule has 3 nitrogen and oxygen atoms in total. The second-order valence-electron chi connectivity index (χ2n) is 12.3. The fourth-order valence-electron chi connectivity index (χ4n) is 7.58. The molecule has 0 aromatic heterocycles. The summed E-state index contributed by atoms with van der Waals surface area (Å²) in [6, 6.07) is 26.3. The van der Waals surface area contributed by atoms with Gasteiger partial charge in [-0.3, -0.25) is 9.59 Å². The molecule has 0 heterocycles. The van der Waals surface area contributed by atoms with Gasteiger partial charge >= 0.3 is 0 Å². The monoisotopic (exact) mass is 539 g/mol. The first kappa shape index (κ1) is 26.0. The quantitative estimate of drug-likeness (QED) is 0.231. The van der Waals surface area contributed by atoms with Gasteiger partial charge in [-0.15, -0.1) is 0 Å². The fraction of sp³-hybridized carbons (Fsp3) is 0.316. The Morgan fingerprint density at radius 3 is 1.54 bits per heavy atom. The minimum atomic E-state index is -0.131. The maximum Gasteiger partial charge on any atom is 0.195 e. The molecule has 3 aliphatic rings. The van der Waals surface area contributed by atoms with Crippen molar-refractivity contribution in [2.75, 3.05) is 5.73 Å². The van der Waals surface area contributed by atoms with E-state index >= 15 is 0 Å². The van der Waals surface area contributed by atoms with Crippen LogP contribution in [0.3, 0.4) is 0 Å². The van der Waals surface area contributed by atoms with Crippen molar-refractivity contribution in [2.24, 2.45) is 0 Å². The minimum Gasteiger partial charge on any atom is -0.398 e. The highest BCUT2D eigenvalue weighted by atomic mass is 16.1. The van der Waals surface area contributed by atoms with Gasteiger partial charge < -0.3 is 5.73 Å². The van der Waals surface area contributed by atoms with Crippen molar-refractivity contribution in [1.82, 2.24) is 0 Å². The number of nitrogen functional groups attached to an aromatic ring is 1. The predicted molar refractivity (Wildman–Crippen MR) is 167 cm³/mol. The Bertz CT molecular complexity index is 1620. The molecule has 0 bridgehead atoms. The van der Waals surface area contributed by atoms with E-state index in [0.29, 0.717) is 45.3 Å². The normalized spacial score (nSPS) is 17.8. The Kier molecular flexibility index (Phi) is 6.82. The van der Waals surface area contributed by atoms with E-state index in [1.165, 1.54) is 75.3 Å². The second kappa shape index (κ2) is 10.8. The summed E-state index contributed by atoms with van der Waals surface area (Å²) in [6.07, 6.45) is 12.8. The first-order valence-corrected chi connectivity index (χ1v) is 15.5. The first-order valence-electron chi connectivity index (χ1n) is 15.5. The Balaban J connectivity index is 1.26. The van der Waals surface area contributed by atoms with E-state index in [-0.39, 0.29) is 11.6 Å². The molecule has 0 radical (unpaired) electrons. The van der Waals surface area contributed by atoms with Crippen molar-refractivity contribution in [3.05, 3.63) is 112 Å². The molecule has 0 saturated heterocycles. The van der Waals surface area contributed by atoms with E-state index in [0.717, 1.165) is 16.7 Å². The molecule has 2 fully saturated rings. The summed E-state index contributed by atoms with van der Waals surface area (Å²) in [5.41, 5.74) is 14.9. The third-order valence-electron chi connectivity index (χ3n) is 9.82. The summed E-state index contributed by atoms with van der Waals surface area (Å²) in [6.45, 7) is 0. The lowest BCUT2D eigenvalue weighted by Gasteiger charge is -2.25. The topological polar surface area (TPSA) is 60.2 Å².